The van der Waals surface area contributed by atoms with E-state index in [4.69, 9.17) is 21.7 Å². The fourth-order valence-electron chi connectivity index (χ4n) is 2.94. The molecule has 2 amide bonds. The Morgan fingerprint density at radius 1 is 1.24 bits per heavy atom. The number of nitrogens with zero attached hydrogens (tertiary/aromatic N) is 1. The van der Waals surface area contributed by atoms with Gasteiger partial charge < -0.3 is 14.8 Å². The van der Waals surface area contributed by atoms with Gasteiger partial charge >= 0.3 is 6.18 Å². The summed E-state index contributed by atoms with van der Waals surface area (Å²) >= 11 is 6.40. The molecule has 11 heteroatoms. The maximum Gasteiger partial charge on any atom is 0.416 e. The first-order chi connectivity index (χ1) is 16.1. The van der Waals surface area contributed by atoms with Gasteiger partial charge in [-0.25, -0.2) is 0 Å². The van der Waals surface area contributed by atoms with E-state index >= 15 is 0 Å². The van der Waals surface area contributed by atoms with E-state index in [0.717, 1.165) is 12.1 Å². The molecule has 3 rings (SSSR count). The molecule has 0 saturated carbocycles. The van der Waals surface area contributed by atoms with Crippen molar-refractivity contribution < 1.29 is 32.2 Å². The fraction of sp³-hybridized carbons (Fsp3) is 0.174. The molecule has 0 aromatic heterocycles. The van der Waals surface area contributed by atoms with Crippen molar-refractivity contribution >= 4 is 51.9 Å². The van der Waals surface area contributed by atoms with Crippen LogP contribution in [-0.4, -0.2) is 41.3 Å². The van der Waals surface area contributed by atoms with E-state index in [1.807, 2.05) is 0 Å². The van der Waals surface area contributed by atoms with Crippen molar-refractivity contribution in [3.05, 3.63) is 71.2 Å². The average Bonchev–Trinajstić information content (AvgIpc) is 3.05. The molecule has 0 aliphatic carbocycles. The zero-order chi connectivity index (χ0) is 24.9. The summed E-state index contributed by atoms with van der Waals surface area (Å²) in [4.78, 5) is 26.5. The fourth-order valence-corrected chi connectivity index (χ4v) is 4.22. The Morgan fingerprint density at radius 2 is 2.00 bits per heavy atom. The van der Waals surface area contributed by atoms with Crippen molar-refractivity contribution in [3.63, 3.8) is 0 Å². The lowest BCUT2D eigenvalue weighted by molar-refractivity contribution is -0.137. The number of halogens is 3. The molecule has 0 spiro atoms. The van der Waals surface area contributed by atoms with Gasteiger partial charge in [0.05, 0.1) is 17.6 Å². The highest BCUT2D eigenvalue weighted by atomic mass is 32.2. The Morgan fingerprint density at radius 3 is 2.68 bits per heavy atom. The zero-order valence-corrected chi connectivity index (χ0v) is 19.5. The maximum absolute atomic E-state index is 12.8. The van der Waals surface area contributed by atoms with Gasteiger partial charge in [-0.3, -0.25) is 14.5 Å². The first kappa shape index (κ1) is 25.3. The highest BCUT2D eigenvalue weighted by Crippen LogP contribution is 2.35. The van der Waals surface area contributed by atoms with Crippen molar-refractivity contribution in [2.24, 2.45) is 0 Å². The van der Waals surface area contributed by atoms with Crippen LogP contribution >= 0.6 is 24.0 Å². The molecule has 1 aliphatic heterocycles. The van der Waals surface area contributed by atoms with Gasteiger partial charge in [0.25, 0.3) is 11.8 Å². The van der Waals surface area contributed by atoms with Crippen molar-refractivity contribution in [2.75, 3.05) is 25.6 Å². The molecular formula is C23H19F3N2O4S2. The van der Waals surface area contributed by atoms with Crippen LogP contribution < -0.4 is 14.8 Å². The molecule has 1 N–H and O–H groups in total. The van der Waals surface area contributed by atoms with Gasteiger partial charge in [0.15, 0.2) is 18.1 Å². The number of hydrogen-bond acceptors (Lipinski definition) is 6. The molecule has 0 radical (unpaired) electrons. The van der Waals surface area contributed by atoms with Crippen LogP contribution in [0.2, 0.25) is 0 Å². The quantitative estimate of drug-likeness (QED) is 0.303. The first-order valence-corrected chi connectivity index (χ1v) is 11.0. The van der Waals surface area contributed by atoms with E-state index in [-0.39, 0.29) is 17.3 Å². The van der Waals surface area contributed by atoms with E-state index in [1.165, 1.54) is 35.9 Å². The molecular weight excluding hydrogens is 489 g/mol. The van der Waals surface area contributed by atoms with Crippen LogP contribution in [0.15, 0.2) is 60.0 Å². The lowest BCUT2D eigenvalue weighted by atomic mass is 10.2. The van der Waals surface area contributed by atoms with Crippen LogP contribution in [0.5, 0.6) is 11.5 Å². The minimum atomic E-state index is -4.52. The molecule has 0 bridgehead atoms. The van der Waals surface area contributed by atoms with Gasteiger partial charge in [0, 0.05) is 12.2 Å². The third-order valence-corrected chi connectivity index (χ3v) is 5.88. The number of methoxy groups -OCH3 is 1. The van der Waals surface area contributed by atoms with Crippen molar-refractivity contribution in [2.45, 2.75) is 6.18 Å². The standard InChI is InChI=1S/C23H19F3N2O4S2/c1-3-9-28-21(30)19(34-22(28)33)11-14-7-8-17(18(10-14)31-2)32-13-20(29)27-16-6-4-5-15(12-16)23(24,25)26/h3-8,10-12H,1,9,13H2,2H3,(H,27,29)/b19-11-. The van der Waals surface area contributed by atoms with Crippen molar-refractivity contribution in [3.8, 4) is 11.5 Å². The van der Waals surface area contributed by atoms with Gasteiger partial charge in [-0.15, -0.1) is 6.58 Å². The normalized spacial score (nSPS) is 14.9. The van der Waals surface area contributed by atoms with Gasteiger partial charge in [0.1, 0.15) is 4.32 Å². The topological polar surface area (TPSA) is 67.9 Å². The zero-order valence-electron chi connectivity index (χ0n) is 17.8. The number of carbonyl (C=O) groups is 2. The molecule has 34 heavy (non-hydrogen) atoms. The summed E-state index contributed by atoms with van der Waals surface area (Å²) in [6, 6.07) is 9.16. The molecule has 1 fully saturated rings. The number of carbonyl (C=O) groups excluding carboxylic acids is 2. The molecule has 2 aromatic rings. The number of amides is 2. The number of alkyl halides is 3. The summed E-state index contributed by atoms with van der Waals surface area (Å²) in [7, 11) is 1.41. The number of thioether (sulfide) groups is 1. The van der Waals surface area contributed by atoms with Gasteiger partial charge in [-0.05, 0) is 42.0 Å². The molecule has 6 nitrogen and oxygen atoms in total. The number of benzene rings is 2. The molecule has 1 aliphatic rings. The van der Waals surface area contributed by atoms with Crippen molar-refractivity contribution in [1.82, 2.24) is 4.90 Å². The SMILES string of the molecule is C=CCN1C(=O)/C(=C/c2ccc(OCC(=O)Nc3cccc(C(F)(F)F)c3)c(OC)c2)SC1=S. The second-order valence-electron chi connectivity index (χ2n) is 6.91. The Bertz CT molecular complexity index is 1170. The summed E-state index contributed by atoms with van der Waals surface area (Å²) in [6.45, 7) is 3.48. The van der Waals surface area contributed by atoms with E-state index in [9.17, 15) is 22.8 Å². The summed E-state index contributed by atoms with van der Waals surface area (Å²) < 4.78 is 49.7. The lowest BCUT2D eigenvalue weighted by Crippen LogP contribution is -2.27. The summed E-state index contributed by atoms with van der Waals surface area (Å²) in [6.07, 6.45) is -1.26. The molecule has 178 valence electrons. The Kier molecular flexibility index (Phi) is 8.00. The second-order valence-corrected chi connectivity index (χ2v) is 8.58. The van der Waals surface area contributed by atoms with Gasteiger partial charge in [-0.1, -0.05) is 42.2 Å². The Hall–Kier alpha value is -3.31. The predicted molar refractivity (Wildman–Crippen MR) is 129 cm³/mol. The van der Waals surface area contributed by atoms with Gasteiger partial charge in [0.2, 0.25) is 0 Å². The van der Waals surface area contributed by atoms with E-state index in [2.05, 4.69) is 11.9 Å². The number of nitrogens with one attached hydrogen (secondary N) is 1. The predicted octanol–water partition coefficient (Wildman–Crippen LogP) is 5.12. The van der Waals surface area contributed by atoms with Crippen LogP contribution in [0, 0.1) is 0 Å². The van der Waals surface area contributed by atoms with Crippen LogP contribution in [0.1, 0.15) is 11.1 Å². The molecule has 1 saturated heterocycles. The summed E-state index contributed by atoms with van der Waals surface area (Å²) in [5.74, 6) is -0.308. The largest absolute Gasteiger partial charge is 0.493 e. The molecule has 1 heterocycles. The Labute approximate surface area is 203 Å². The highest BCUT2D eigenvalue weighted by molar-refractivity contribution is 8.26. The smallest absolute Gasteiger partial charge is 0.416 e. The van der Waals surface area contributed by atoms with Gasteiger partial charge in [-0.2, -0.15) is 13.2 Å². The average molecular weight is 509 g/mol. The summed E-state index contributed by atoms with van der Waals surface area (Å²) in [5.41, 5.74) is -0.221. The van der Waals surface area contributed by atoms with E-state index in [1.54, 1.807) is 30.4 Å². The lowest BCUT2D eigenvalue weighted by Gasteiger charge is -2.13. The van der Waals surface area contributed by atoms with E-state index in [0.29, 0.717) is 27.1 Å². The minimum absolute atomic E-state index is 0.000457. The number of anilines is 1. The number of rotatable bonds is 8. The third-order valence-electron chi connectivity index (χ3n) is 4.50. The summed E-state index contributed by atoms with van der Waals surface area (Å²) in [5, 5.41) is 2.37. The van der Waals surface area contributed by atoms with Crippen LogP contribution in [0.4, 0.5) is 18.9 Å². The third kappa shape index (κ3) is 6.17. The van der Waals surface area contributed by atoms with Crippen LogP contribution in [0.25, 0.3) is 6.08 Å². The minimum Gasteiger partial charge on any atom is -0.493 e. The molecule has 2 aromatic carbocycles. The molecule has 0 unspecified atom stereocenters. The number of hydrogen-bond donors (Lipinski definition) is 1. The number of thiocarbonyl (C=S) groups is 1. The van der Waals surface area contributed by atoms with E-state index < -0.39 is 24.3 Å². The van der Waals surface area contributed by atoms with Crippen LogP contribution in [-0.2, 0) is 15.8 Å². The number of ether oxygens (including phenoxy) is 2. The van der Waals surface area contributed by atoms with Crippen LogP contribution in [0.3, 0.4) is 0 Å². The second kappa shape index (κ2) is 10.7. The van der Waals surface area contributed by atoms with Crippen molar-refractivity contribution in [1.29, 1.82) is 0 Å². The first-order valence-electron chi connectivity index (χ1n) is 9.76. The Balaban J connectivity index is 1.66. The highest BCUT2D eigenvalue weighted by Gasteiger charge is 2.31. The molecule has 0 atom stereocenters. The monoisotopic (exact) mass is 508 g/mol. The maximum atomic E-state index is 12.8.